The van der Waals surface area contributed by atoms with E-state index in [0.29, 0.717) is 11.1 Å². The van der Waals surface area contributed by atoms with Crippen LogP contribution in [0, 0.1) is 11.3 Å². The first-order chi connectivity index (χ1) is 10.2. The van der Waals surface area contributed by atoms with Gasteiger partial charge < -0.3 is 4.57 Å². The number of rotatable bonds is 3. The number of aromatic nitrogens is 1. The van der Waals surface area contributed by atoms with Gasteiger partial charge in [-0.05, 0) is 30.3 Å². The van der Waals surface area contributed by atoms with E-state index in [0.717, 1.165) is 15.4 Å². The van der Waals surface area contributed by atoms with Crippen molar-refractivity contribution in [1.29, 1.82) is 5.26 Å². The summed E-state index contributed by atoms with van der Waals surface area (Å²) in [5.41, 5.74) is 2.21. The summed E-state index contributed by atoms with van der Waals surface area (Å²) >= 11 is 3.36. The quantitative estimate of drug-likeness (QED) is 0.673. The Morgan fingerprint density at radius 3 is 2.62 bits per heavy atom. The second-order valence-electron chi connectivity index (χ2n) is 4.72. The Balaban J connectivity index is 1.94. The van der Waals surface area contributed by atoms with Gasteiger partial charge in [-0.3, -0.25) is 4.79 Å². The number of carbonyl (C=O) groups is 1. The first-order valence-corrected chi connectivity index (χ1v) is 7.25. The maximum absolute atomic E-state index is 12.3. The second kappa shape index (κ2) is 5.55. The van der Waals surface area contributed by atoms with Crippen molar-refractivity contribution in [2.45, 2.75) is 6.54 Å². The van der Waals surface area contributed by atoms with E-state index in [2.05, 4.69) is 22.0 Å². The molecule has 0 aliphatic rings. The van der Waals surface area contributed by atoms with Crippen LogP contribution in [-0.4, -0.2) is 10.4 Å². The summed E-state index contributed by atoms with van der Waals surface area (Å²) < 4.78 is 2.82. The second-order valence-corrected chi connectivity index (χ2v) is 5.64. The van der Waals surface area contributed by atoms with Gasteiger partial charge in [-0.2, -0.15) is 5.26 Å². The topological polar surface area (TPSA) is 45.8 Å². The number of hydrogen-bond donors (Lipinski definition) is 0. The van der Waals surface area contributed by atoms with Crippen LogP contribution in [-0.2, 0) is 6.54 Å². The average molecular weight is 339 g/mol. The number of carbonyl (C=O) groups excluding carboxylic acids is 1. The van der Waals surface area contributed by atoms with Crippen molar-refractivity contribution in [3.63, 3.8) is 0 Å². The Hall–Kier alpha value is -2.38. The Morgan fingerprint density at radius 2 is 1.90 bits per heavy atom. The van der Waals surface area contributed by atoms with Gasteiger partial charge in [-0.25, -0.2) is 0 Å². The molecule has 0 unspecified atom stereocenters. The number of nitriles is 1. The molecule has 3 nitrogen and oxygen atoms in total. The molecule has 102 valence electrons. The summed E-state index contributed by atoms with van der Waals surface area (Å²) in [4.78, 5) is 12.3. The summed E-state index contributed by atoms with van der Waals surface area (Å²) in [5, 5.41) is 9.98. The Kier molecular flexibility index (Phi) is 3.59. The summed E-state index contributed by atoms with van der Waals surface area (Å²) in [5.74, 6) is 0.0439. The highest BCUT2D eigenvalue weighted by atomic mass is 79.9. The van der Waals surface area contributed by atoms with Gasteiger partial charge in [0.25, 0.3) is 0 Å². The monoisotopic (exact) mass is 338 g/mol. The molecule has 0 atom stereocenters. The van der Waals surface area contributed by atoms with Crippen molar-refractivity contribution in [3.05, 3.63) is 70.3 Å². The Bertz CT molecular complexity index is 857. The zero-order valence-electron chi connectivity index (χ0n) is 11.1. The lowest BCUT2D eigenvalue weighted by Crippen LogP contribution is -2.09. The normalized spacial score (nSPS) is 10.5. The number of nitrogens with zero attached hydrogens (tertiary/aromatic N) is 2. The molecule has 1 heterocycles. The molecule has 21 heavy (non-hydrogen) atoms. The molecule has 0 saturated carbocycles. The van der Waals surface area contributed by atoms with Gasteiger partial charge in [-0.1, -0.05) is 34.1 Å². The van der Waals surface area contributed by atoms with Crippen molar-refractivity contribution in [1.82, 2.24) is 4.57 Å². The number of ketones is 1. The van der Waals surface area contributed by atoms with E-state index in [1.165, 1.54) is 0 Å². The van der Waals surface area contributed by atoms with E-state index in [1.54, 1.807) is 18.2 Å². The molecular weight excluding hydrogens is 328 g/mol. The van der Waals surface area contributed by atoms with Crippen LogP contribution in [0.25, 0.3) is 10.9 Å². The van der Waals surface area contributed by atoms with E-state index >= 15 is 0 Å². The van der Waals surface area contributed by atoms with Gasteiger partial charge >= 0.3 is 0 Å². The van der Waals surface area contributed by atoms with E-state index in [1.807, 2.05) is 41.1 Å². The van der Waals surface area contributed by atoms with Gasteiger partial charge in [0.05, 0.1) is 18.2 Å². The average Bonchev–Trinajstić information content (AvgIpc) is 2.91. The van der Waals surface area contributed by atoms with E-state index in [-0.39, 0.29) is 12.3 Å². The summed E-state index contributed by atoms with van der Waals surface area (Å²) in [6, 6.07) is 16.9. The van der Waals surface area contributed by atoms with Gasteiger partial charge in [0.15, 0.2) is 5.78 Å². The fraction of sp³-hybridized carbons (Fsp3) is 0.0588. The molecule has 0 amide bonds. The first kappa shape index (κ1) is 13.6. The number of fused-ring (bicyclic) bond motifs is 1. The molecule has 0 spiro atoms. The van der Waals surface area contributed by atoms with E-state index in [4.69, 9.17) is 5.26 Å². The van der Waals surface area contributed by atoms with Gasteiger partial charge in [0, 0.05) is 27.1 Å². The van der Waals surface area contributed by atoms with Crippen LogP contribution in [0.3, 0.4) is 0 Å². The minimum Gasteiger partial charge on any atom is -0.340 e. The predicted molar refractivity (Wildman–Crippen MR) is 85.1 cm³/mol. The molecule has 0 fully saturated rings. The third-order valence-corrected chi connectivity index (χ3v) is 3.94. The molecule has 0 N–H and O–H groups in total. The number of benzene rings is 2. The van der Waals surface area contributed by atoms with Crippen molar-refractivity contribution in [2.24, 2.45) is 0 Å². The maximum atomic E-state index is 12.3. The van der Waals surface area contributed by atoms with E-state index in [9.17, 15) is 4.79 Å². The highest BCUT2D eigenvalue weighted by Gasteiger charge is 2.10. The van der Waals surface area contributed by atoms with Crippen LogP contribution >= 0.6 is 15.9 Å². The maximum Gasteiger partial charge on any atom is 0.182 e. The summed E-state index contributed by atoms with van der Waals surface area (Å²) in [6.07, 6.45) is 1.85. The molecule has 0 radical (unpaired) electrons. The summed E-state index contributed by atoms with van der Waals surface area (Å²) in [7, 11) is 0. The molecule has 3 rings (SSSR count). The van der Waals surface area contributed by atoms with E-state index < -0.39 is 0 Å². The number of halogens is 1. The van der Waals surface area contributed by atoms with Crippen molar-refractivity contribution in [3.8, 4) is 6.07 Å². The molecule has 1 aromatic heterocycles. The van der Waals surface area contributed by atoms with Crippen LogP contribution in [0.15, 0.2) is 59.2 Å². The molecule has 2 aromatic carbocycles. The lowest BCUT2D eigenvalue weighted by molar-refractivity contribution is 0.0973. The predicted octanol–water partition coefficient (Wildman–Crippen LogP) is 4.16. The van der Waals surface area contributed by atoms with Crippen LogP contribution in [0.2, 0.25) is 0 Å². The molecule has 4 heteroatoms. The largest absolute Gasteiger partial charge is 0.340 e. The van der Waals surface area contributed by atoms with Crippen LogP contribution in [0.5, 0.6) is 0 Å². The zero-order valence-corrected chi connectivity index (χ0v) is 12.7. The molecular formula is C17H11BrN2O. The Morgan fingerprint density at radius 1 is 1.14 bits per heavy atom. The van der Waals surface area contributed by atoms with Crippen molar-refractivity contribution < 1.29 is 4.79 Å². The molecule has 0 aliphatic carbocycles. The molecule has 0 aliphatic heterocycles. The zero-order chi connectivity index (χ0) is 14.8. The fourth-order valence-corrected chi connectivity index (χ4v) is 2.60. The van der Waals surface area contributed by atoms with Crippen LogP contribution in [0.1, 0.15) is 15.9 Å². The van der Waals surface area contributed by atoms with Crippen molar-refractivity contribution >= 4 is 32.6 Å². The third kappa shape index (κ3) is 2.61. The minimum atomic E-state index is 0.0439. The fourth-order valence-electron chi connectivity index (χ4n) is 2.34. The third-order valence-electron chi connectivity index (χ3n) is 3.41. The Labute approximate surface area is 130 Å². The first-order valence-electron chi connectivity index (χ1n) is 6.46. The number of hydrogen-bond acceptors (Lipinski definition) is 2. The van der Waals surface area contributed by atoms with Gasteiger partial charge in [0.1, 0.15) is 0 Å². The SMILES string of the molecule is N#Cc1cccc2c1ccn2CC(=O)c1ccc(Br)cc1. The molecule has 0 bridgehead atoms. The van der Waals surface area contributed by atoms with Crippen LogP contribution in [0.4, 0.5) is 0 Å². The number of Topliss-reactive ketones (excluding diaryl/α,β-unsaturated/α-hetero) is 1. The smallest absolute Gasteiger partial charge is 0.182 e. The van der Waals surface area contributed by atoms with Gasteiger partial charge in [0.2, 0.25) is 0 Å². The highest BCUT2D eigenvalue weighted by Crippen LogP contribution is 2.20. The lowest BCUT2D eigenvalue weighted by Gasteiger charge is -2.05. The van der Waals surface area contributed by atoms with Gasteiger partial charge in [-0.15, -0.1) is 0 Å². The van der Waals surface area contributed by atoms with Crippen LogP contribution < -0.4 is 0 Å². The lowest BCUT2D eigenvalue weighted by atomic mass is 10.1. The molecule has 3 aromatic rings. The standard InChI is InChI=1S/C17H11BrN2O/c18-14-6-4-12(5-7-14)17(21)11-20-9-8-15-13(10-19)2-1-3-16(15)20/h1-9H,11H2. The highest BCUT2D eigenvalue weighted by molar-refractivity contribution is 9.10. The van der Waals surface area contributed by atoms with Crippen molar-refractivity contribution in [2.75, 3.05) is 0 Å². The summed E-state index contributed by atoms with van der Waals surface area (Å²) in [6.45, 7) is 0.264. The molecule has 0 saturated heterocycles. The minimum absolute atomic E-state index is 0.0439.